The molecule has 0 spiro atoms. The molecular weight excluding hydrogens is 256 g/mol. The van der Waals surface area contributed by atoms with Gasteiger partial charge in [0.25, 0.3) is 5.91 Å². The summed E-state index contributed by atoms with van der Waals surface area (Å²) in [5.41, 5.74) is 0.496. The van der Waals surface area contributed by atoms with Crippen LogP contribution in [0, 0.1) is 12.3 Å². The first-order valence-corrected chi connectivity index (χ1v) is 6.89. The lowest BCUT2D eigenvalue weighted by Crippen LogP contribution is -2.52. The number of rotatable bonds is 3. The van der Waals surface area contributed by atoms with Crippen LogP contribution in [-0.4, -0.2) is 28.0 Å². The molecule has 2 rings (SSSR count). The average Bonchev–Trinajstić information content (AvgIpc) is 2.41. The van der Waals surface area contributed by atoms with Crippen molar-refractivity contribution in [2.45, 2.75) is 45.6 Å². The second kappa shape index (κ2) is 5.61. The SMILES string of the molecule is Cc1cncc(C(=O)NC2CCCCC2(C)C(=O)O)c1. The number of nitrogens with zero attached hydrogens (tertiary/aromatic N) is 1. The Bertz CT molecular complexity index is 530. The van der Waals surface area contributed by atoms with E-state index in [1.807, 2.05) is 6.92 Å². The highest BCUT2D eigenvalue weighted by molar-refractivity contribution is 5.94. The summed E-state index contributed by atoms with van der Waals surface area (Å²) in [7, 11) is 0. The normalized spacial score (nSPS) is 26.0. The molecule has 0 aromatic carbocycles. The van der Waals surface area contributed by atoms with Gasteiger partial charge in [0.2, 0.25) is 0 Å². The molecule has 0 saturated heterocycles. The molecule has 0 aliphatic heterocycles. The molecule has 1 fully saturated rings. The Kier molecular flexibility index (Phi) is 4.06. The number of amides is 1. The summed E-state index contributed by atoms with van der Waals surface area (Å²) in [5, 5.41) is 12.3. The van der Waals surface area contributed by atoms with Gasteiger partial charge in [0, 0.05) is 18.4 Å². The van der Waals surface area contributed by atoms with Crippen LogP contribution in [0.2, 0.25) is 0 Å². The zero-order chi connectivity index (χ0) is 14.8. The lowest BCUT2D eigenvalue weighted by molar-refractivity contribution is -0.151. The van der Waals surface area contributed by atoms with E-state index in [4.69, 9.17) is 0 Å². The van der Waals surface area contributed by atoms with Crippen LogP contribution in [0.5, 0.6) is 0 Å². The summed E-state index contributed by atoms with van der Waals surface area (Å²) in [4.78, 5) is 27.7. The van der Waals surface area contributed by atoms with Crippen molar-refractivity contribution in [1.82, 2.24) is 10.3 Å². The summed E-state index contributed by atoms with van der Waals surface area (Å²) in [6, 6.07) is 1.42. The summed E-state index contributed by atoms with van der Waals surface area (Å²) < 4.78 is 0. The first kappa shape index (κ1) is 14.5. The van der Waals surface area contributed by atoms with Gasteiger partial charge in [-0.2, -0.15) is 0 Å². The Morgan fingerprint density at radius 2 is 2.15 bits per heavy atom. The summed E-state index contributed by atoms with van der Waals surface area (Å²) >= 11 is 0. The molecule has 5 heteroatoms. The Balaban J connectivity index is 2.15. The molecule has 0 bridgehead atoms. The van der Waals surface area contributed by atoms with Crippen LogP contribution in [0.25, 0.3) is 0 Å². The van der Waals surface area contributed by atoms with Crippen LogP contribution in [0.1, 0.15) is 48.5 Å². The highest BCUT2D eigenvalue weighted by atomic mass is 16.4. The quantitative estimate of drug-likeness (QED) is 0.886. The first-order valence-electron chi connectivity index (χ1n) is 6.89. The number of pyridine rings is 1. The van der Waals surface area contributed by atoms with Gasteiger partial charge in [-0.1, -0.05) is 12.8 Å². The molecule has 108 valence electrons. The summed E-state index contributed by atoms with van der Waals surface area (Å²) in [6.07, 6.45) is 6.32. The van der Waals surface area contributed by atoms with Crippen molar-refractivity contribution in [3.63, 3.8) is 0 Å². The van der Waals surface area contributed by atoms with Gasteiger partial charge in [-0.15, -0.1) is 0 Å². The first-order chi connectivity index (χ1) is 9.43. The number of aliphatic carboxylic acids is 1. The van der Waals surface area contributed by atoms with Gasteiger partial charge in [-0.25, -0.2) is 0 Å². The Morgan fingerprint density at radius 1 is 1.40 bits per heavy atom. The van der Waals surface area contributed by atoms with E-state index < -0.39 is 11.4 Å². The topological polar surface area (TPSA) is 79.3 Å². The largest absolute Gasteiger partial charge is 0.481 e. The fraction of sp³-hybridized carbons (Fsp3) is 0.533. The molecule has 5 nitrogen and oxygen atoms in total. The molecule has 1 aromatic heterocycles. The monoisotopic (exact) mass is 276 g/mol. The van der Waals surface area contributed by atoms with E-state index in [1.165, 1.54) is 6.20 Å². The van der Waals surface area contributed by atoms with Crippen molar-refractivity contribution >= 4 is 11.9 Å². The van der Waals surface area contributed by atoms with Crippen LogP contribution in [0.4, 0.5) is 0 Å². The van der Waals surface area contributed by atoms with Crippen molar-refractivity contribution in [1.29, 1.82) is 0 Å². The number of aryl methyl sites for hydroxylation is 1. The summed E-state index contributed by atoms with van der Waals surface area (Å²) in [5.74, 6) is -1.09. The van der Waals surface area contributed by atoms with E-state index in [0.29, 0.717) is 18.4 Å². The smallest absolute Gasteiger partial charge is 0.311 e. The van der Waals surface area contributed by atoms with Crippen molar-refractivity contribution in [3.8, 4) is 0 Å². The predicted molar refractivity (Wildman–Crippen MR) is 74.4 cm³/mol. The van der Waals surface area contributed by atoms with Crippen LogP contribution in [-0.2, 0) is 4.79 Å². The highest BCUT2D eigenvalue weighted by Crippen LogP contribution is 2.36. The zero-order valence-electron chi connectivity index (χ0n) is 11.8. The third-order valence-corrected chi connectivity index (χ3v) is 4.14. The number of nitrogens with one attached hydrogen (secondary N) is 1. The zero-order valence-corrected chi connectivity index (χ0v) is 11.8. The standard InChI is InChI=1S/C15H20N2O3/c1-10-7-11(9-16-8-10)13(18)17-12-5-3-4-6-15(12,2)14(19)20/h7-9,12H,3-6H2,1-2H3,(H,17,18)(H,19,20). The molecule has 20 heavy (non-hydrogen) atoms. The van der Waals surface area contributed by atoms with Gasteiger partial charge >= 0.3 is 5.97 Å². The maximum Gasteiger partial charge on any atom is 0.311 e. The third-order valence-electron chi connectivity index (χ3n) is 4.14. The van der Waals surface area contributed by atoms with Crippen LogP contribution >= 0.6 is 0 Å². The number of carboxylic acid groups (broad SMARTS) is 1. The van der Waals surface area contributed by atoms with Gasteiger partial charge in [0.05, 0.1) is 11.0 Å². The minimum atomic E-state index is -0.884. The number of carbonyl (C=O) groups excluding carboxylic acids is 1. The van der Waals surface area contributed by atoms with Crippen LogP contribution in [0.15, 0.2) is 18.5 Å². The van der Waals surface area contributed by atoms with Crippen molar-refractivity contribution < 1.29 is 14.7 Å². The number of carbonyl (C=O) groups is 2. The number of hydrogen-bond acceptors (Lipinski definition) is 3. The highest BCUT2D eigenvalue weighted by Gasteiger charge is 2.43. The molecule has 2 atom stereocenters. The third kappa shape index (κ3) is 2.81. The minimum absolute atomic E-state index is 0.249. The molecule has 1 aromatic rings. The molecule has 2 unspecified atom stereocenters. The molecule has 0 radical (unpaired) electrons. The number of hydrogen-bond donors (Lipinski definition) is 2. The molecule has 2 N–H and O–H groups in total. The maximum atomic E-state index is 12.2. The fourth-order valence-electron chi connectivity index (χ4n) is 2.74. The molecule has 1 aliphatic rings. The van der Waals surface area contributed by atoms with Gasteiger partial charge in [0.15, 0.2) is 0 Å². The number of carboxylic acids is 1. The predicted octanol–water partition coefficient (Wildman–Crippen LogP) is 2.15. The lowest BCUT2D eigenvalue weighted by atomic mass is 9.71. The van der Waals surface area contributed by atoms with Gasteiger partial charge in [-0.3, -0.25) is 14.6 Å². The second-order valence-corrected chi connectivity index (χ2v) is 5.75. The van der Waals surface area contributed by atoms with Crippen molar-refractivity contribution in [2.24, 2.45) is 5.41 Å². The average molecular weight is 276 g/mol. The Morgan fingerprint density at radius 3 is 2.80 bits per heavy atom. The van der Waals surface area contributed by atoms with Gasteiger partial charge in [0.1, 0.15) is 0 Å². The van der Waals surface area contributed by atoms with Crippen molar-refractivity contribution in [2.75, 3.05) is 0 Å². The fourth-order valence-corrected chi connectivity index (χ4v) is 2.74. The Hall–Kier alpha value is -1.91. The van der Waals surface area contributed by atoms with Gasteiger partial charge < -0.3 is 10.4 Å². The van der Waals surface area contributed by atoms with Crippen LogP contribution < -0.4 is 5.32 Å². The minimum Gasteiger partial charge on any atom is -0.481 e. The van der Waals surface area contributed by atoms with E-state index in [-0.39, 0.29) is 11.9 Å². The number of aromatic nitrogens is 1. The van der Waals surface area contributed by atoms with E-state index >= 15 is 0 Å². The van der Waals surface area contributed by atoms with E-state index in [9.17, 15) is 14.7 Å². The second-order valence-electron chi connectivity index (χ2n) is 5.75. The Labute approximate surface area is 118 Å². The molecule has 1 amide bonds. The van der Waals surface area contributed by atoms with Crippen molar-refractivity contribution in [3.05, 3.63) is 29.6 Å². The lowest BCUT2D eigenvalue weighted by Gasteiger charge is -2.38. The van der Waals surface area contributed by atoms with E-state index in [0.717, 1.165) is 18.4 Å². The van der Waals surface area contributed by atoms with Crippen LogP contribution in [0.3, 0.4) is 0 Å². The van der Waals surface area contributed by atoms with E-state index in [2.05, 4.69) is 10.3 Å². The molecular formula is C15H20N2O3. The van der Waals surface area contributed by atoms with E-state index in [1.54, 1.807) is 19.2 Å². The van der Waals surface area contributed by atoms with Gasteiger partial charge in [-0.05, 0) is 38.3 Å². The molecule has 1 aliphatic carbocycles. The molecule has 1 heterocycles. The summed E-state index contributed by atoms with van der Waals surface area (Å²) in [6.45, 7) is 3.58. The molecule has 1 saturated carbocycles. The maximum absolute atomic E-state index is 12.2.